The zero-order valence-electron chi connectivity index (χ0n) is 11.9. The van der Waals surface area contributed by atoms with Crippen LogP contribution in [-0.4, -0.2) is 52.4 Å². The highest BCUT2D eigenvalue weighted by Crippen LogP contribution is 2.32. The molecule has 1 atom stereocenters. The smallest absolute Gasteiger partial charge is 0.258 e. The first-order valence-electron chi connectivity index (χ1n) is 6.68. The van der Waals surface area contributed by atoms with Gasteiger partial charge in [0.15, 0.2) is 17.3 Å². The number of thioether (sulfide) groups is 1. The molecular formula is C14H17N3O3S. The van der Waals surface area contributed by atoms with Crippen molar-refractivity contribution < 1.29 is 14.4 Å². The molecule has 0 spiro atoms. The van der Waals surface area contributed by atoms with E-state index in [1.807, 2.05) is 11.8 Å². The lowest BCUT2D eigenvalue weighted by Crippen LogP contribution is -2.33. The van der Waals surface area contributed by atoms with Crippen molar-refractivity contribution in [3.63, 3.8) is 0 Å². The quantitative estimate of drug-likeness (QED) is 0.931. The van der Waals surface area contributed by atoms with E-state index in [-0.39, 0.29) is 11.8 Å². The highest BCUT2D eigenvalue weighted by molar-refractivity contribution is 7.99. The van der Waals surface area contributed by atoms with Crippen molar-refractivity contribution in [2.24, 2.45) is 0 Å². The van der Waals surface area contributed by atoms with Gasteiger partial charge >= 0.3 is 0 Å². The zero-order chi connectivity index (χ0) is 14.8. The molecule has 21 heavy (non-hydrogen) atoms. The van der Waals surface area contributed by atoms with E-state index in [1.54, 1.807) is 18.2 Å². The van der Waals surface area contributed by atoms with Crippen molar-refractivity contribution in [2.45, 2.75) is 6.04 Å². The van der Waals surface area contributed by atoms with Crippen LogP contribution in [0.2, 0.25) is 0 Å². The number of phenols is 1. The standard InChI is InChI=1S/C14H17N3O3S/c1-17-5-6-21-8-10(17)13-15-14(20-16-13)9-3-4-11(18)12(7-9)19-2/h3-4,7,10,18H,5-6,8H2,1-2H3. The van der Waals surface area contributed by atoms with Crippen LogP contribution in [0.5, 0.6) is 11.5 Å². The second kappa shape index (κ2) is 5.95. The van der Waals surface area contributed by atoms with Crippen molar-refractivity contribution in [3.8, 4) is 23.0 Å². The summed E-state index contributed by atoms with van der Waals surface area (Å²) in [4.78, 5) is 6.73. The lowest BCUT2D eigenvalue weighted by atomic mass is 10.2. The number of benzene rings is 1. The SMILES string of the molecule is COc1cc(-c2nc(C3CSCCN3C)no2)ccc1O. The van der Waals surface area contributed by atoms with Gasteiger partial charge < -0.3 is 14.4 Å². The number of aromatic hydroxyl groups is 1. The van der Waals surface area contributed by atoms with E-state index in [2.05, 4.69) is 22.1 Å². The van der Waals surface area contributed by atoms with Crippen LogP contribution in [0.4, 0.5) is 0 Å². The maximum atomic E-state index is 9.62. The molecule has 0 saturated carbocycles. The Morgan fingerprint density at radius 3 is 3.10 bits per heavy atom. The minimum Gasteiger partial charge on any atom is -0.504 e. The number of hydrogen-bond donors (Lipinski definition) is 1. The zero-order valence-corrected chi connectivity index (χ0v) is 12.8. The van der Waals surface area contributed by atoms with E-state index in [9.17, 15) is 5.11 Å². The number of hydrogen-bond acceptors (Lipinski definition) is 7. The molecule has 1 saturated heterocycles. The Balaban J connectivity index is 1.87. The van der Waals surface area contributed by atoms with E-state index in [4.69, 9.17) is 9.26 Å². The van der Waals surface area contributed by atoms with E-state index in [0.717, 1.165) is 23.6 Å². The second-order valence-corrected chi connectivity index (χ2v) is 6.07. The van der Waals surface area contributed by atoms with Gasteiger partial charge in [-0.15, -0.1) is 0 Å². The van der Waals surface area contributed by atoms with Gasteiger partial charge in [-0.05, 0) is 25.2 Å². The Morgan fingerprint density at radius 1 is 1.48 bits per heavy atom. The van der Waals surface area contributed by atoms with Crippen LogP contribution in [0, 0.1) is 0 Å². The average Bonchev–Trinajstić information content (AvgIpc) is 2.98. The van der Waals surface area contributed by atoms with Crippen LogP contribution >= 0.6 is 11.8 Å². The van der Waals surface area contributed by atoms with Crippen molar-refractivity contribution >= 4 is 11.8 Å². The number of methoxy groups -OCH3 is 1. The van der Waals surface area contributed by atoms with Gasteiger partial charge in [-0.3, -0.25) is 4.90 Å². The summed E-state index contributed by atoms with van der Waals surface area (Å²) in [6.07, 6.45) is 0. The third-order valence-electron chi connectivity index (χ3n) is 3.56. The first-order valence-corrected chi connectivity index (χ1v) is 7.83. The summed E-state index contributed by atoms with van der Waals surface area (Å²) in [6.45, 7) is 1.02. The van der Waals surface area contributed by atoms with Gasteiger partial charge in [0.2, 0.25) is 0 Å². The molecule has 1 fully saturated rings. The van der Waals surface area contributed by atoms with Gasteiger partial charge in [-0.25, -0.2) is 0 Å². The molecule has 3 rings (SSSR count). The molecule has 1 aromatic carbocycles. The summed E-state index contributed by atoms with van der Waals surface area (Å²) in [7, 11) is 3.58. The molecule has 1 N–H and O–H groups in total. The van der Waals surface area contributed by atoms with E-state index in [1.165, 1.54) is 7.11 Å². The molecule has 0 radical (unpaired) electrons. The molecule has 1 aliphatic rings. The maximum Gasteiger partial charge on any atom is 0.258 e. The average molecular weight is 307 g/mol. The summed E-state index contributed by atoms with van der Waals surface area (Å²) in [5, 5.41) is 13.7. The van der Waals surface area contributed by atoms with Gasteiger partial charge in [-0.1, -0.05) is 5.16 Å². The molecule has 1 aliphatic heterocycles. The van der Waals surface area contributed by atoms with Crippen LogP contribution < -0.4 is 4.74 Å². The summed E-state index contributed by atoms with van der Waals surface area (Å²) in [6, 6.07) is 5.15. The fraction of sp³-hybridized carbons (Fsp3) is 0.429. The van der Waals surface area contributed by atoms with Gasteiger partial charge in [0.1, 0.15) is 0 Å². The Morgan fingerprint density at radius 2 is 2.33 bits per heavy atom. The molecule has 1 unspecified atom stereocenters. The second-order valence-electron chi connectivity index (χ2n) is 4.92. The lowest BCUT2D eigenvalue weighted by Gasteiger charge is -2.29. The molecule has 0 aliphatic carbocycles. The molecule has 2 heterocycles. The third-order valence-corrected chi connectivity index (χ3v) is 4.59. The van der Waals surface area contributed by atoms with Crippen molar-refractivity contribution in [1.29, 1.82) is 0 Å². The van der Waals surface area contributed by atoms with E-state index < -0.39 is 0 Å². The normalized spacial score (nSPS) is 19.6. The van der Waals surface area contributed by atoms with E-state index in [0.29, 0.717) is 17.5 Å². The van der Waals surface area contributed by atoms with Crippen LogP contribution in [0.1, 0.15) is 11.9 Å². The van der Waals surface area contributed by atoms with E-state index >= 15 is 0 Å². The number of phenolic OH excluding ortho intramolecular Hbond substituents is 1. The fourth-order valence-electron chi connectivity index (χ4n) is 2.26. The minimum absolute atomic E-state index is 0.0874. The van der Waals surface area contributed by atoms with Crippen molar-refractivity contribution in [1.82, 2.24) is 15.0 Å². The molecule has 2 aromatic rings. The number of ether oxygens (including phenoxy) is 1. The predicted molar refractivity (Wildman–Crippen MR) is 80.6 cm³/mol. The van der Waals surface area contributed by atoms with Crippen molar-refractivity contribution in [2.75, 3.05) is 32.2 Å². The fourth-order valence-corrected chi connectivity index (χ4v) is 3.47. The lowest BCUT2D eigenvalue weighted by molar-refractivity contribution is 0.257. The highest BCUT2D eigenvalue weighted by Gasteiger charge is 2.26. The summed E-state index contributed by atoms with van der Waals surface area (Å²) in [5.74, 6) is 3.71. The summed E-state index contributed by atoms with van der Waals surface area (Å²) < 4.78 is 10.5. The Bertz CT molecular complexity index is 632. The Hall–Kier alpha value is -1.73. The Labute approximate surface area is 127 Å². The topological polar surface area (TPSA) is 71.6 Å². The van der Waals surface area contributed by atoms with Crippen molar-refractivity contribution in [3.05, 3.63) is 24.0 Å². The monoisotopic (exact) mass is 307 g/mol. The van der Waals surface area contributed by atoms with Gasteiger partial charge in [0.05, 0.1) is 13.2 Å². The molecule has 112 valence electrons. The van der Waals surface area contributed by atoms with Crippen LogP contribution in [-0.2, 0) is 0 Å². The number of rotatable bonds is 3. The molecule has 0 amide bonds. The first-order chi connectivity index (χ1) is 10.2. The number of nitrogens with zero attached hydrogens (tertiary/aromatic N) is 3. The molecule has 6 nitrogen and oxygen atoms in total. The van der Waals surface area contributed by atoms with Gasteiger partial charge in [0.25, 0.3) is 5.89 Å². The maximum absolute atomic E-state index is 9.62. The largest absolute Gasteiger partial charge is 0.504 e. The van der Waals surface area contributed by atoms with Crippen LogP contribution in [0.25, 0.3) is 11.5 Å². The van der Waals surface area contributed by atoms with Gasteiger partial charge in [0, 0.05) is 23.6 Å². The van der Waals surface area contributed by atoms with Crippen LogP contribution in [0.15, 0.2) is 22.7 Å². The molecule has 1 aromatic heterocycles. The summed E-state index contributed by atoms with van der Waals surface area (Å²) >= 11 is 1.90. The summed E-state index contributed by atoms with van der Waals surface area (Å²) in [5.41, 5.74) is 0.731. The van der Waals surface area contributed by atoms with Gasteiger partial charge in [-0.2, -0.15) is 16.7 Å². The number of aromatic nitrogens is 2. The first kappa shape index (κ1) is 14.2. The molecule has 0 bridgehead atoms. The Kier molecular flexibility index (Phi) is 4.03. The van der Waals surface area contributed by atoms with Crippen LogP contribution in [0.3, 0.4) is 0 Å². The highest BCUT2D eigenvalue weighted by atomic mass is 32.2. The molecular weight excluding hydrogens is 290 g/mol. The predicted octanol–water partition coefficient (Wildman–Crippen LogP) is 2.17. The third kappa shape index (κ3) is 2.84. The minimum atomic E-state index is 0.0874. The molecule has 7 heteroatoms.